The van der Waals surface area contributed by atoms with Crippen molar-refractivity contribution in [1.29, 1.82) is 0 Å². The molecule has 0 unspecified atom stereocenters. The lowest BCUT2D eigenvalue weighted by Crippen LogP contribution is -2.22. The number of aromatic amines is 1. The van der Waals surface area contributed by atoms with E-state index >= 15 is 0 Å². The minimum atomic E-state index is -0.319. The van der Waals surface area contributed by atoms with Crippen LogP contribution in [0.15, 0.2) is 52.9 Å². The quantitative estimate of drug-likeness (QED) is 0.450. The molecule has 8 heteroatoms. The first-order valence-corrected chi connectivity index (χ1v) is 9.70. The molecule has 0 spiro atoms. The van der Waals surface area contributed by atoms with Crippen molar-refractivity contribution in [2.45, 2.75) is 13.0 Å². The molecule has 4 aromatic rings. The van der Waals surface area contributed by atoms with Crippen molar-refractivity contribution >= 4 is 16.9 Å². The van der Waals surface area contributed by atoms with Gasteiger partial charge in [0, 0.05) is 24.1 Å². The van der Waals surface area contributed by atoms with Gasteiger partial charge in [0.25, 0.3) is 5.91 Å². The molecular weight excluding hydrogens is 398 g/mol. The second-order valence-electron chi connectivity index (χ2n) is 6.84. The van der Waals surface area contributed by atoms with E-state index in [0.717, 1.165) is 16.6 Å². The summed E-state index contributed by atoms with van der Waals surface area (Å²) >= 11 is 0. The third-order valence-electron chi connectivity index (χ3n) is 4.91. The van der Waals surface area contributed by atoms with Crippen LogP contribution in [0.5, 0.6) is 17.2 Å². The van der Waals surface area contributed by atoms with Crippen molar-refractivity contribution in [2.75, 3.05) is 21.3 Å². The van der Waals surface area contributed by atoms with Crippen molar-refractivity contribution in [3.05, 3.63) is 71.4 Å². The molecule has 0 aliphatic heterocycles. The van der Waals surface area contributed by atoms with E-state index in [9.17, 15) is 4.79 Å². The number of amides is 1. The van der Waals surface area contributed by atoms with Crippen LogP contribution in [0, 0.1) is 0 Å². The molecule has 0 saturated heterocycles. The van der Waals surface area contributed by atoms with Crippen LogP contribution in [0.1, 0.15) is 27.7 Å². The van der Waals surface area contributed by atoms with Crippen LogP contribution in [-0.2, 0) is 13.0 Å². The molecule has 0 aliphatic rings. The number of hydrogen-bond donors (Lipinski definition) is 2. The van der Waals surface area contributed by atoms with Gasteiger partial charge >= 0.3 is 0 Å². The zero-order chi connectivity index (χ0) is 21.8. The highest BCUT2D eigenvalue weighted by Crippen LogP contribution is 2.35. The number of furan rings is 1. The minimum absolute atomic E-state index is 0.220. The van der Waals surface area contributed by atoms with Crippen molar-refractivity contribution in [3.8, 4) is 17.2 Å². The van der Waals surface area contributed by atoms with Crippen LogP contribution in [0.2, 0.25) is 0 Å². The molecule has 8 nitrogen and oxygen atoms in total. The predicted molar refractivity (Wildman–Crippen MR) is 115 cm³/mol. The SMILES string of the molecule is COc1cc(OC)c(Cc2ccc(C(=O)NCc3nc4ccccc4[nH]3)o2)c(OC)c1. The number of para-hydroxylation sites is 2. The van der Waals surface area contributed by atoms with Crippen LogP contribution in [0.3, 0.4) is 0 Å². The monoisotopic (exact) mass is 421 g/mol. The van der Waals surface area contributed by atoms with Crippen molar-refractivity contribution in [3.63, 3.8) is 0 Å². The zero-order valence-corrected chi connectivity index (χ0v) is 17.5. The molecule has 0 atom stereocenters. The number of aromatic nitrogens is 2. The van der Waals surface area contributed by atoms with Gasteiger partial charge in [-0.05, 0) is 24.3 Å². The topological polar surface area (TPSA) is 98.6 Å². The van der Waals surface area contributed by atoms with Gasteiger partial charge in [0.1, 0.15) is 28.8 Å². The van der Waals surface area contributed by atoms with E-state index in [-0.39, 0.29) is 18.2 Å². The van der Waals surface area contributed by atoms with E-state index in [1.807, 2.05) is 24.3 Å². The molecular formula is C23H23N3O5. The van der Waals surface area contributed by atoms with E-state index < -0.39 is 0 Å². The fourth-order valence-corrected chi connectivity index (χ4v) is 3.36. The number of H-pyrrole nitrogens is 1. The smallest absolute Gasteiger partial charge is 0.287 e. The number of nitrogens with one attached hydrogen (secondary N) is 2. The molecule has 2 heterocycles. The first-order valence-electron chi connectivity index (χ1n) is 9.70. The third-order valence-corrected chi connectivity index (χ3v) is 4.91. The molecule has 4 rings (SSSR count). The van der Waals surface area contributed by atoms with Crippen molar-refractivity contribution in [1.82, 2.24) is 15.3 Å². The lowest BCUT2D eigenvalue weighted by Gasteiger charge is -2.14. The Kier molecular flexibility index (Phi) is 5.79. The highest BCUT2D eigenvalue weighted by molar-refractivity contribution is 5.91. The summed E-state index contributed by atoms with van der Waals surface area (Å²) in [5.41, 5.74) is 2.58. The molecule has 2 aromatic heterocycles. The summed E-state index contributed by atoms with van der Waals surface area (Å²) in [4.78, 5) is 20.1. The highest BCUT2D eigenvalue weighted by Gasteiger charge is 2.17. The summed E-state index contributed by atoms with van der Waals surface area (Å²) in [5.74, 6) is 3.04. The number of carbonyl (C=O) groups excluding carboxylic acids is 1. The second kappa shape index (κ2) is 8.83. The molecule has 31 heavy (non-hydrogen) atoms. The van der Waals surface area contributed by atoms with Crippen LogP contribution in [0.25, 0.3) is 11.0 Å². The average molecular weight is 421 g/mol. The van der Waals surface area contributed by atoms with Gasteiger partial charge in [-0.3, -0.25) is 4.79 Å². The zero-order valence-electron chi connectivity index (χ0n) is 17.5. The second-order valence-corrected chi connectivity index (χ2v) is 6.84. The van der Waals surface area contributed by atoms with Gasteiger partial charge in [-0.2, -0.15) is 0 Å². The van der Waals surface area contributed by atoms with Crippen molar-refractivity contribution < 1.29 is 23.4 Å². The lowest BCUT2D eigenvalue weighted by molar-refractivity contribution is 0.0920. The van der Waals surface area contributed by atoms with Gasteiger partial charge in [0.15, 0.2) is 5.76 Å². The maximum atomic E-state index is 12.5. The first-order chi connectivity index (χ1) is 15.1. The Morgan fingerprint density at radius 1 is 1.03 bits per heavy atom. The lowest BCUT2D eigenvalue weighted by atomic mass is 10.1. The molecule has 160 valence electrons. The number of fused-ring (bicyclic) bond motifs is 1. The molecule has 0 bridgehead atoms. The van der Waals surface area contributed by atoms with Crippen LogP contribution < -0.4 is 19.5 Å². The third kappa shape index (κ3) is 4.32. The molecule has 0 radical (unpaired) electrons. The van der Waals surface area contributed by atoms with Crippen LogP contribution >= 0.6 is 0 Å². The Bertz CT molecular complexity index is 1150. The summed E-state index contributed by atoms with van der Waals surface area (Å²) in [6, 6.07) is 14.7. The maximum absolute atomic E-state index is 12.5. The minimum Gasteiger partial charge on any atom is -0.496 e. The Labute approximate surface area is 179 Å². The number of rotatable bonds is 8. The average Bonchev–Trinajstić information content (AvgIpc) is 3.44. The fraction of sp³-hybridized carbons (Fsp3) is 0.217. The van der Waals surface area contributed by atoms with Crippen LogP contribution in [0.4, 0.5) is 0 Å². The molecule has 2 N–H and O–H groups in total. The number of methoxy groups -OCH3 is 3. The maximum Gasteiger partial charge on any atom is 0.287 e. The molecule has 0 aliphatic carbocycles. The van der Waals surface area contributed by atoms with Gasteiger partial charge < -0.3 is 28.9 Å². The van der Waals surface area contributed by atoms with E-state index in [4.69, 9.17) is 18.6 Å². The standard InChI is InChI=1S/C23H23N3O5/c1-28-15-11-20(29-2)16(21(12-15)30-3)10-14-8-9-19(31-14)23(27)24-13-22-25-17-6-4-5-7-18(17)26-22/h4-9,11-12H,10,13H2,1-3H3,(H,24,27)(H,25,26). The van der Waals surface area contributed by atoms with Gasteiger partial charge in [-0.15, -0.1) is 0 Å². The van der Waals surface area contributed by atoms with Gasteiger partial charge in [-0.1, -0.05) is 12.1 Å². The number of nitrogens with zero attached hydrogens (tertiary/aromatic N) is 1. The molecule has 0 fully saturated rings. The number of benzene rings is 2. The largest absolute Gasteiger partial charge is 0.496 e. The van der Waals surface area contributed by atoms with Crippen LogP contribution in [-0.4, -0.2) is 37.2 Å². The Balaban J connectivity index is 1.46. The first kappa shape index (κ1) is 20.3. The summed E-state index contributed by atoms with van der Waals surface area (Å²) in [6.07, 6.45) is 0.396. The number of carbonyl (C=O) groups is 1. The summed E-state index contributed by atoms with van der Waals surface area (Å²) in [5, 5.41) is 2.82. The molecule has 1 amide bonds. The van der Waals surface area contributed by atoms with Gasteiger partial charge in [0.2, 0.25) is 0 Å². The number of imidazole rings is 1. The van der Waals surface area contributed by atoms with E-state index in [1.165, 1.54) is 0 Å². The van der Waals surface area contributed by atoms with E-state index in [1.54, 1.807) is 45.6 Å². The fourth-order valence-electron chi connectivity index (χ4n) is 3.36. The normalized spacial score (nSPS) is 10.8. The number of hydrogen-bond acceptors (Lipinski definition) is 6. The van der Waals surface area contributed by atoms with E-state index in [2.05, 4.69) is 15.3 Å². The summed E-state index contributed by atoms with van der Waals surface area (Å²) in [7, 11) is 4.74. The summed E-state index contributed by atoms with van der Waals surface area (Å²) < 4.78 is 22.0. The van der Waals surface area contributed by atoms with Crippen molar-refractivity contribution in [2.24, 2.45) is 0 Å². The Morgan fingerprint density at radius 2 is 1.77 bits per heavy atom. The molecule has 2 aromatic carbocycles. The predicted octanol–water partition coefficient (Wildman–Crippen LogP) is 3.70. The number of ether oxygens (including phenoxy) is 3. The summed E-state index contributed by atoms with van der Waals surface area (Å²) in [6.45, 7) is 0.268. The van der Waals surface area contributed by atoms with E-state index in [0.29, 0.717) is 35.3 Å². The molecule has 0 saturated carbocycles. The highest BCUT2D eigenvalue weighted by atomic mass is 16.5. The van der Waals surface area contributed by atoms with Gasteiger partial charge in [0.05, 0.1) is 38.9 Å². The Morgan fingerprint density at radius 3 is 2.45 bits per heavy atom. The van der Waals surface area contributed by atoms with Gasteiger partial charge in [-0.25, -0.2) is 4.98 Å². The Hall–Kier alpha value is -3.94.